The Morgan fingerprint density at radius 2 is 1.50 bits per heavy atom. The molecule has 64 valence electrons. The summed E-state index contributed by atoms with van der Waals surface area (Å²) in [4.78, 5) is 0. The summed E-state index contributed by atoms with van der Waals surface area (Å²) in [6, 6.07) is 0. The molecule has 0 rings (SSSR count). The second-order valence-corrected chi connectivity index (χ2v) is 2.87. The molecule has 0 saturated heterocycles. The summed E-state index contributed by atoms with van der Waals surface area (Å²) in [6.45, 7) is 6.42. The molecular weight excluding hydrogens is 146 g/mol. The van der Waals surface area contributed by atoms with Gasteiger partial charge in [-0.15, -0.1) is 11.6 Å². The lowest BCUT2D eigenvalue weighted by Crippen LogP contribution is -2.09. The summed E-state index contributed by atoms with van der Waals surface area (Å²) < 4.78 is 0. The van der Waals surface area contributed by atoms with E-state index in [4.69, 9.17) is 17.3 Å². The van der Waals surface area contributed by atoms with Crippen LogP contribution in [0.15, 0.2) is 0 Å². The highest BCUT2D eigenvalue weighted by Crippen LogP contribution is 1.94. The fourth-order valence-electron chi connectivity index (χ4n) is 0.276. The van der Waals surface area contributed by atoms with Crippen LogP contribution in [-0.2, 0) is 0 Å². The van der Waals surface area contributed by atoms with Gasteiger partial charge in [-0.25, -0.2) is 0 Å². The molecule has 1 nitrogen and oxygen atoms in total. The van der Waals surface area contributed by atoms with Crippen LogP contribution in [0, 0.1) is 0 Å². The van der Waals surface area contributed by atoms with E-state index in [0.29, 0.717) is 0 Å². The molecule has 0 aromatic carbocycles. The molecule has 0 aliphatic carbocycles. The molecule has 0 aromatic rings. The first-order valence-corrected chi connectivity index (χ1v) is 4.52. The molecule has 2 heteroatoms. The van der Waals surface area contributed by atoms with Crippen LogP contribution in [0.1, 0.15) is 46.5 Å². The Labute approximate surface area is 69.9 Å². The van der Waals surface area contributed by atoms with E-state index in [-0.39, 0.29) is 5.50 Å². The Bertz CT molecular complexity index is 44.5. The van der Waals surface area contributed by atoms with Gasteiger partial charge in [0.05, 0.1) is 5.50 Å². The van der Waals surface area contributed by atoms with Crippen molar-refractivity contribution in [3.05, 3.63) is 0 Å². The maximum Gasteiger partial charge on any atom is 0.0800 e. The van der Waals surface area contributed by atoms with Crippen molar-refractivity contribution >= 4 is 11.6 Å². The van der Waals surface area contributed by atoms with Crippen molar-refractivity contribution < 1.29 is 0 Å². The van der Waals surface area contributed by atoms with E-state index < -0.39 is 0 Å². The molecule has 10 heavy (non-hydrogen) atoms. The number of hydrogen-bond acceptors (Lipinski definition) is 1. The van der Waals surface area contributed by atoms with Crippen LogP contribution in [0.25, 0.3) is 0 Å². The molecule has 0 radical (unpaired) electrons. The van der Waals surface area contributed by atoms with E-state index in [9.17, 15) is 0 Å². The quantitative estimate of drug-likeness (QED) is 0.505. The number of halogens is 1. The highest BCUT2D eigenvalue weighted by atomic mass is 35.5. The second-order valence-electron chi connectivity index (χ2n) is 2.30. The number of hydrogen-bond donors (Lipinski definition) is 1. The van der Waals surface area contributed by atoms with E-state index >= 15 is 0 Å². The Morgan fingerprint density at radius 3 is 1.50 bits per heavy atom. The zero-order valence-corrected chi connectivity index (χ0v) is 8.12. The molecule has 0 fully saturated rings. The molecule has 0 aromatic heterocycles. The number of nitrogens with two attached hydrogens (primary N) is 1. The van der Waals surface area contributed by atoms with Gasteiger partial charge in [-0.05, 0) is 6.42 Å². The van der Waals surface area contributed by atoms with E-state index in [1.807, 2.05) is 0 Å². The van der Waals surface area contributed by atoms with Crippen LogP contribution in [-0.4, -0.2) is 5.50 Å². The predicted octanol–water partition coefficient (Wildman–Crippen LogP) is 3.12. The second kappa shape index (κ2) is 12.0. The van der Waals surface area contributed by atoms with E-state index in [2.05, 4.69) is 20.8 Å². The van der Waals surface area contributed by atoms with Gasteiger partial charge in [0.25, 0.3) is 0 Å². The molecular formula is C8H20ClN. The van der Waals surface area contributed by atoms with Crippen molar-refractivity contribution in [3.8, 4) is 0 Å². The first kappa shape index (κ1) is 12.9. The third-order valence-electron chi connectivity index (χ3n) is 1.06. The zero-order valence-electron chi connectivity index (χ0n) is 7.36. The lowest BCUT2D eigenvalue weighted by molar-refractivity contribution is 0.756. The Morgan fingerprint density at radius 1 is 1.10 bits per heavy atom. The maximum atomic E-state index is 5.36. The van der Waals surface area contributed by atoms with Crippen molar-refractivity contribution in [2.75, 3.05) is 0 Å². The molecule has 0 saturated carbocycles. The van der Waals surface area contributed by atoms with Gasteiger partial charge >= 0.3 is 0 Å². The number of rotatable bonds is 3. The predicted molar refractivity (Wildman–Crippen MR) is 49.3 cm³/mol. The highest BCUT2D eigenvalue weighted by molar-refractivity contribution is 6.20. The van der Waals surface area contributed by atoms with Gasteiger partial charge in [0, 0.05) is 0 Å². The Kier molecular flexibility index (Phi) is 15.4. The fourth-order valence-corrected chi connectivity index (χ4v) is 0.494. The van der Waals surface area contributed by atoms with Crippen molar-refractivity contribution in [2.24, 2.45) is 5.73 Å². The van der Waals surface area contributed by atoms with E-state index in [1.165, 1.54) is 12.8 Å². The molecule has 0 aliphatic heterocycles. The van der Waals surface area contributed by atoms with Gasteiger partial charge in [0.2, 0.25) is 0 Å². The Balaban J connectivity index is 0. The molecule has 1 atom stereocenters. The van der Waals surface area contributed by atoms with Gasteiger partial charge in [-0.3, -0.25) is 0 Å². The molecule has 0 spiro atoms. The summed E-state index contributed by atoms with van der Waals surface area (Å²) in [5, 5.41) is 0. The third-order valence-corrected chi connectivity index (χ3v) is 1.28. The van der Waals surface area contributed by atoms with Crippen LogP contribution in [0.3, 0.4) is 0 Å². The van der Waals surface area contributed by atoms with Gasteiger partial charge in [0.1, 0.15) is 0 Å². The number of alkyl halides is 1. The van der Waals surface area contributed by atoms with Gasteiger partial charge in [-0.1, -0.05) is 40.0 Å². The SMILES string of the molecule is CCCC.CCCC(N)Cl. The average molecular weight is 166 g/mol. The minimum Gasteiger partial charge on any atom is -0.315 e. The normalized spacial score (nSPS) is 11.7. The summed E-state index contributed by atoms with van der Waals surface area (Å²) >= 11 is 5.36. The van der Waals surface area contributed by atoms with Crippen LogP contribution >= 0.6 is 11.6 Å². The van der Waals surface area contributed by atoms with Crippen molar-refractivity contribution in [1.82, 2.24) is 0 Å². The van der Waals surface area contributed by atoms with Crippen LogP contribution < -0.4 is 5.73 Å². The van der Waals surface area contributed by atoms with E-state index in [1.54, 1.807) is 0 Å². The number of unbranched alkanes of at least 4 members (excludes halogenated alkanes) is 1. The van der Waals surface area contributed by atoms with Gasteiger partial charge < -0.3 is 5.73 Å². The lowest BCUT2D eigenvalue weighted by Gasteiger charge is -1.94. The summed E-state index contributed by atoms with van der Waals surface area (Å²) in [5.74, 6) is 0. The highest BCUT2D eigenvalue weighted by Gasteiger charge is 1.88. The van der Waals surface area contributed by atoms with Crippen LogP contribution in [0.5, 0.6) is 0 Å². The molecule has 0 heterocycles. The van der Waals surface area contributed by atoms with Crippen molar-refractivity contribution in [2.45, 2.75) is 52.0 Å². The van der Waals surface area contributed by atoms with Gasteiger partial charge in [-0.2, -0.15) is 0 Å². The smallest absolute Gasteiger partial charge is 0.0800 e. The van der Waals surface area contributed by atoms with Crippen molar-refractivity contribution in [1.29, 1.82) is 0 Å². The summed E-state index contributed by atoms with van der Waals surface area (Å²) in [5.41, 5.74) is 5.04. The molecule has 0 bridgehead atoms. The lowest BCUT2D eigenvalue weighted by atomic mass is 10.3. The summed E-state index contributed by atoms with van der Waals surface area (Å²) in [6.07, 6.45) is 4.63. The minimum absolute atomic E-state index is 0.130. The Hall–Kier alpha value is 0.250. The largest absolute Gasteiger partial charge is 0.315 e. The molecule has 0 aliphatic rings. The summed E-state index contributed by atoms with van der Waals surface area (Å²) in [7, 11) is 0. The zero-order chi connectivity index (χ0) is 8.41. The molecule has 2 N–H and O–H groups in total. The van der Waals surface area contributed by atoms with Crippen molar-refractivity contribution in [3.63, 3.8) is 0 Å². The van der Waals surface area contributed by atoms with E-state index in [0.717, 1.165) is 12.8 Å². The maximum absolute atomic E-state index is 5.36. The monoisotopic (exact) mass is 165 g/mol. The fraction of sp³-hybridized carbons (Fsp3) is 1.00. The van der Waals surface area contributed by atoms with Gasteiger partial charge in [0.15, 0.2) is 0 Å². The standard InChI is InChI=1S/C4H10ClN.C4H10/c1-2-3-4(5)6;1-3-4-2/h4H,2-3,6H2,1H3;3-4H2,1-2H3. The third kappa shape index (κ3) is 24.0. The minimum atomic E-state index is -0.130. The average Bonchev–Trinajstić information content (AvgIpc) is 1.89. The van der Waals surface area contributed by atoms with Crippen LogP contribution in [0.4, 0.5) is 0 Å². The molecule has 0 amide bonds. The van der Waals surface area contributed by atoms with Crippen LogP contribution in [0.2, 0.25) is 0 Å². The first-order valence-electron chi connectivity index (χ1n) is 4.08. The molecule has 1 unspecified atom stereocenters. The first-order chi connectivity index (χ1) is 4.68. The topological polar surface area (TPSA) is 26.0 Å².